The van der Waals surface area contributed by atoms with Crippen LogP contribution in [0.5, 0.6) is 0 Å². The van der Waals surface area contributed by atoms with E-state index in [4.69, 9.17) is 0 Å². The van der Waals surface area contributed by atoms with Crippen LogP contribution in [0.15, 0.2) is 11.9 Å². The van der Waals surface area contributed by atoms with Gasteiger partial charge in [-0.15, -0.1) is 0 Å². The molecule has 0 aromatic heterocycles. The predicted molar refractivity (Wildman–Crippen MR) is 25.1 cm³/mol. The number of hydrogen-bond acceptors (Lipinski definition) is 0. The largest absolute Gasteiger partial charge is 0.594 e. The van der Waals surface area contributed by atoms with Gasteiger partial charge in [0.2, 0.25) is 0 Å². The van der Waals surface area contributed by atoms with Gasteiger partial charge in [0.1, 0.15) is 0 Å². The van der Waals surface area contributed by atoms with Crippen LogP contribution in [0.25, 0.3) is 0 Å². The third-order valence-corrected chi connectivity index (χ3v) is 0.954. The van der Waals surface area contributed by atoms with Crippen LogP contribution in [0.4, 0.5) is 12.6 Å². The maximum atomic E-state index is 11.1. The topological polar surface area (TPSA) is 0 Å². The molecule has 0 aliphatic carbocycles. The molecular weight excluding hydrogens is 183 g/mol. The van der Waals surface area contributed by atoms with Crippen molar-refractivity contribution in [2.75, 3.05) is 0 Å². The van der Waals surface area contributed by atoms with E-state index in [2.05, 4.69) is 0 Å². The van der Waals surface area contributed by atoms with Gasteiger partial charge in [-0.1, -0.05) is 0 Å². The zero-order valence-electron chi connectivity index (χ0n) is 4.05. The molecule has 0 aliphatic heterocycles. The zero-order valence-corrected chi connectivity index (χ0v) is 5.93. The van der Waals surface area contributed by atoms with Gasteiger partial charge in [-0.2, -0.15) is 0 Å². The molecule has 0 aromatic rings. The summed E-state index contributed by atoms with van der Waals surface area (Å²) < 4.78 is 33.2. The first-order chi connectivity index (χ1) is 3.06. The molecule has 0 aromatic carbocycles. The molecule has 0 nitrogen and oxygen atoms in total. The zero-order chi connectivity index (χ0) is 5.91. The second kappa shape index (κ2) is 4.34. The van der Waals surface area contributed by atoms with E-state index in [1.54, 1.807) is 0 Å². The van der Waals surface area contributed by atoms with Crippen molar-refractivity contribution in [3.8, 4) is 0 Å². The molecule has 0 unspecified atom stereocenters. The van der Waals surface area contributed by atoms with Gasteiger partial charge in [0.15, 0.2) is 5.82 Å². The Morgan fingerprint density at radius 2 is 1.62 bits per heavy atom. The molecule has 5 heteroatoms. The smallest absolute Gasteiger partial charge is 0.0434 e. The Morgan fingerprint density at radius 3 is 1.62 bits per heavy atom. The Labute approximate surface area is 56.8 Å². The minimum Gasteiger partial charge on any atom is -0.0434 e. The Balaban J connectivity index is 0. The summed E-state index contributed by atoms with van der Waals surface area (Å²) in [5.74, 6) is 0.299. The molecule has 0 aliphatic rings. The molecule has 0 heterocycles. The van der Waals surface area contributed by atoms with Gasteiger partial charge in [0.25, 0.3) is 0 Å². The Bertz CT molecular complexity index is 77.1. The normalized spacial score (nSPS) is 11.5. The Kier molecular flexibility index (Phi) is 6.12. The number of rotatable bonds is 1. The van der Waals surface area contributed by atoms with Gasteiger partial charge >= 0.3 is 8.19 Å². The second-order valence-corrected chi connectivity index (χ2v) is 2.23. The van der Waals surface area contributed by atoms with E-state index in [1.165, 1.54) is 6.92 Å². The van der Waals surface area contributed by atoms with Crippen LogP contribution in [0.3, 0.4) is 0 Å². The molecule has 0 radical (unpaired) electrons. The second-order valence-electron chi connectivity index (χ2n) is 0.967. The molecule has 0 bridgehead atoms. The van der Waals surface area contributed by atoms with Gasteiger partial charge in [0.05, 0.1) is 0 Å². The van der Waals surface area contributed by atoms with Crippen LogP contribution in [-0.2, 0) is 16.5 Å². The molecule has 0 N–H and O–H groups in total. The summed E-state index contributed by atoms with van der Waals surface area (Å²) in [6.07, 6.45) is 1.01. The average Bonchev–Trinajstić information content (AvgIpc) is 1.30. The van der Waals surface area contributed by atoms with Crippen LogP contribution in [0, 0.1) is 0 Å². The molecular formula is C3H5F3NiP+. The third kappa shape index (κ3) is 9.68. The predicted octanol–water partition coefficient (Wildman–Crippen LogP) is 3.19. The van der Waals surface area contributed by atoms with E-state index < -0.39 is 8.19 Å². The number of hydrogen-bond donors (Lipinski definition) is 0. The summed E-state index contributed by atoms with van der Waals surface area (Å²) in [6.45, 7) is 1.35. The fourth-order valence-electron chi connectivity index (χ4n) is 0.169. The van der Waals surface area contributed by atoms with E-state index in [-0.39, 0.29) is 16.5 Å². The Hall–Kier alpha value is 0.454. The third-order valence-electron chi connectivity index (χ3n) is 0.318. The van der Waals surface area contributed by atoms with Crippen LogP contribution in [-0.4, -0.2) is 0 Å². The van der Waals surface area contributed by atoms with Crippen molar-refractivity contribution in [1.29, 1.82) is 0 Å². The van der Waals surface area contributed by atoms with Crippen molar-refractivity contribution in [1.82, 2.24) is 0 Å². The van der Waals surface area contributed by atoms with Crippen LogP contribution < -0.4 is 0 Å². The van der Waals surface area contributed by atoms with E-state index >= 15 is 0 Å². The Morgan fingerprint density at radius 1 is 1.25 bits per heavy atom. The molecule has 0 saturated carbocycles. The standard InChI is InChI=1S/C3H5F3P.Ni/c1-2-3-7(4,5)6;/h2-3H,1H3;/q+1;. The maximum absolute atomic E-state index is 11.1. The summed E-state index contributed by atoms with van der Waals surface area (Å²) in [4.78, 5) is 0. The van der Waals surface area contributed by atoms with Crippen molar-refractivity contribution in [3.05, 3.63) is 11.9 Å². The molecule has 0 saturated heterocycles. The quantitative estimate of drug-likeness (QED) is 0.437. The van der Waals surface area contributed by atoms with E-state index in [0.717, 1.165) is 6.08 Å². The fraction of sp³-hybridized carbons (Fsp3) is 0.333. The van der Waals surface area contributed by atoms with E-state index in [0.29, 0.717) is 5.82 Å². The van der Waals surface area contributed by atoms with Gasteiger partial charge in [-0.25, -0.2) is 0 Å². The molecule has 52 valence electrons. The molecule has 0 rings (SSSR count). The maximum Gasteiger partial charge on any atom is 0.594 e. The molecule has 0 amide bonds. The summed E-state index contributed by atoms with van der Waals surface area (Å²) in [6, 6.07) is 0. The van der Waals surface area contributed by atoms with Crippen LogP contribution >= 0.6 is 8.19 Å². The van der Waals surface area contributed by atoms with Crippen molar-refractivity contribution in [2.45, 2.75) is 6.92 Å². The summed E-state index contributed by atoms with van der Waals surface area (Å²) in [5.41, 5.74) is 0. The summed E-state index contributed by atoms with van der Waals surface area (Å²) >= 11 is 0. The van der Waals surface area contributed by atoms with Crippen LogP contribution in [0.2, 0.25) is 0 Å². The van der Waals surface area contributed by atoms with E-state index in [9.17, 15) is 12.6 Å². The van der Waals surface area contributed by atoms with E-state index in [1.807, 2.05) is 0 Å². The molecule has 8 heavy (non-hydrogen) atoms. The number of allylic oxidation sites excluding steroid dienone is 1. The minimum atomic E-state index is -5.10. The first-order valence-corrected chi connectivity index (χ1v) is 3.21. The van der Waals surface area contributed by atoms with Gasteiger partial charge < -0.3 is 0 Å². The fourth-order valence-corrected chi connectivity index (χ4v) is 0.507. The number of halogens is 3. The molecule has 0 atom stereocenters. The van der Waals surface area contributed by atoms with Crippen molar-refractivity contribution < 1.29 is 29.1 Å². The van der Waals surface area contributed by atoms with Crippen molar-refractivity contribution in [3.63, 3.8) is 0 Å². The SMILES string of the molecule is CC=C[P+](F)(F)F.[Ni]. The summed E-state index contributed by atoms with van der Waals surface area (Å²) in [5, 5.41) is 0. The monoisotopic (exact) mass is 187 g/mol. The minimum absolute atomic E-state index is 0. The van der Waals surface area contributed by atoms with Crippen molar-refractivity contribution in [2.24, 2.45) is 0 Å². The van der Waals surface area contributed by atoms with Gasteiger partial charge in [0, 0.05) is 29.1 Å². The van der Waals surface area contributed by atoms with Crippen molar-refractivity contribution >= 4 is 8.19 Å². The first kappa shape index (κ1) is 11.3. The molecule has 0 spiro atoms. The first-order valence-electron chi connectivity index (χ1n) is 1.68. The van der Waals surface area contributed by atoms with Gasteiger partial charge in [-0.05, 0) is 13.0 Å². The summed E-state index contributed by atoms with van der Waals surface area (Å²) in [7, 11) is -5.10. The van der Waals surface area contributed by atoms with Gasteiger partial charge in [-0.3, -0.25) is 0 Å². The molecule has 0 fully saturated rings. The average molecular weight is 188 g/mol. The van der Waals surface area contributed by atoms with Crippen LogP contribution in [0.1, 0.15) is 6.92 Å².